The first kappa shape index (κ1) is 15.4. The lowest BCUT2D eigenvalue weighted by Gasteiger charge is -2.35. The lowest BCUT2D eigenvalue weighted by atomic mass is 9.91. The average Bonchev–Trinajstić information content (AvgIpc) is 3.31. The smallest absolute Gasteiger partial charge is 0.329 e. The van der Waals surface area contributed by atoms with Gasteiger partial charge in [0, 0.05) is 6.04 Å². The number of aryl methyl sites for hydroxylation is 1. The standard InChI is InChI=1S/C16H21NO4/c1-16(15(19)20,17(11-18)13-5-6-13)10-9-12-3-7-14(21-2)8-4-12/h3-4,7-8,11,13H,5-6,9-10H2,1-2H3,(H,19,20). The van der Waals surface area contributed by atoms with Crippen molar-refractivity contribution in [3.63, 3.8) is 0 Å². The molecule has 0 radical (unpaired) electrons. The number of hydrogen-bond donors (Lipinski definition) is 1. The molecule has 1 atom stereocenters. The van der Waals surface area contributed by atoms with Crippen LogP contribution in [0.1, 0.15) is 31.7 Å². The summed E-state index contributed by atoms with van der Waals surface area (Å²) in [6, 6.07) is 7.63. The van der Waals surface area contributed by atoms with Crippen LogP contribution >= 0.6 is 0 Å². The molecule has 0 aromatic heterocycles. The summed E-state index contributed by atoms with van der Waals surface area (Å²) in [4.78, 5) is 24.4. The van der Waals surface area contributed by atoms with E-state index in [2.05, 4.69) is 0 Å². The Balaban J connectivity index is 2.08. The second kappa shape index (κ2) is 6.16. The van der Waals surface area contributed by atoms with E-state index in [0.29, 0.717) is 19.3 Å². The number of rotatable bonds is 8. The van der Waals surface area contributed by atoms with Gasteiger partial charge in [0.05, 0.1) is 7.11 Å². The topological polar surface area (TPSA) is 66.8 Å². The van der Waals surface area contributed by atoms with Gasteiger partial charge in [0.25, 0.3) is 0 Å². The zero-order valence-corrected chi connectivity index (χ0v) is 12.4. The highest BCUT2D eigenvalue weighted by molar-refractivity contribution is 5.81. The van der Waals surface area contributed by atoms with Gasteiger partial charge in [0.15, 0.2) is 0 Å². The lowest BCUT2D eigenvalue weighted by Crippen LogP contribution is -2.53. The number of carboxylic acid groups (broad SMARTS) is 1. The molecule has 1 saturated carbocycles. The number of aliphatic carboxylic acids is 1. The highest BCUT2D eigenvalue weighted by Gasteiger charge is 2.45. The average molecular weight is 291 g/mol. The molecule has 0 heterocycles. The third-order valence-corrected chi connectivity index (χ3v) is 4.14. The largest absolute Gasteiger partial charge is 0.497 e. The number of amides is 1. The van der Waals surface area contributed by atoms with Crippen LogP contribution in [0.5, 0.6) is 5.75 Å². The molecule has 1 aliphatic carbocycles. The normalized spacial score (nSPS) is 16.9. The van der Waals surface area contributed by atoms with Gasteiger partial charge in [-0.1, -0.05) is 12.1 Å². The van der Waals surface area contributed by atoms with Crippen molar-refractivity contribution >= 4 is 12.4 Å². The number of carboxylic acids is 1. The van der Waals surface area contributed by atoms with Crippen molar-refractivity contribution in [2.75, 3.05) is 7.11 Å². The van der Waals surface area contributed by atoms with Gasteiger partial charge in [0.1, 0.15) is 11.3 Å². The van der Waals surface area contributed by atoms with Crippen LogP contribution in [-0.4, -0.2) is 41.1 Å². The highest BCUT2D eigenvalue weighted by atomic mass is 16.5. The monoisotopic (exact) mass is 291 g/mol. The van der Waals surface area contributed by atoms with Crippen LogP contribution in [-0.2, 0) is 16.0 Å². The first-order valence-electron chi connectivity index (χ1n) is 7.11. The molecule has 0 spiro atoms. The minimum atomic E-state index is -1.15. The Morgan fingerprint density at radius 1 is 1.43 bits per heavy atom. The minimum Gasteiger partial charge on any atom is -0.497 e. The van der Waals surface area contributed by atoms with Gasteiger partial charge in [-0.25, -0.2) is 4.79 Å². The summed E-state index contributed by atoms with van der Waals surface area (Å²) in [6.45, 7) is 1.63. The molecule has 0 aliphatic heterocycles. The molecule has 5 nitrogen and oxygen atoms in total. The molecule has 114 valence electrons. The van der Waals surface area contributed by atoms with E-state index < -0.39 is 11.5 Å². The van der Waals surface area contributed by atoms with E-state index >= 15 is 0 Å². The van der Waals surface area contributed by atoms with Gasteiger partial charge in [-0.15, -0.1) is 0 Å². The van der Waals surface area contributed by atoms with Gasteiger partial charge in [0.2, 0.25) is 6.41 Å². The van der Waals surface area contributed by atoms with E-state index in [4.69, 9.17) is 4.74 Å². The first-order valence-corrected chi connectivity index (χ1v) is 7.11. The van der Waals surface area contributed by atoms with E-state index in [1.54, 1.807) is 14.0 Å². The van der Waals surface area contributed by atoms with Crippen LogP contribution < -0.4 is 4.74 Å². The summed E-state index contributed by atoms with van der Waals surface area (Å²) in [5.74, 6) is -0.178. The SMILES string of the molecule is COc1ccc(CCC(C)(C(=O)O)N(C=O)C2CC2)cc1. The quantitative estimate of drug-likeness (QED) is 0.745. The summed E-state index contributed by atoms with van der Waals surface area (Å²) < 4.78 is 5.10. The van der Waals surface area contributed by atoms with Crippen molar-refractivity contribution in [2.45, 2.75) is 44.2 Å². The molecule has 1 unspecified atom stereocenters. The Morgan fingerprint density at radius 2 is 2.05 bits per heavy atom. The Hall–Kier alpha value is -2.04. The van der Waals surface area contributed by atoms with Gasteiger partial charge < -0.3 is 14.7 Å². The fourth-order valence-corrected chi connectivity index (χ4v) is 2.48. The van der Waals surface area contributed by atoms with Crippen LogP contribution in [0.15, 0.2) is 24.3 Å². The molecule has 5 heteroatoms. The maximum Gasteiger partial charge on any atom is 0.329 e. The van der Waals surface area contributed by atoms with E-state index in [9.17, 15) is 14.7 Å². The van der Waals surface area contributed by atoms with Crippen molar-refractivity contribution in [1.82, 2.24) is 4.90 Å². The Kier molecular flexibility index (Phi) is 4.50. The molecular formula is C16H21NO4. The number of ether oxygens (including phenoxy) is 1. The van der Waals surface area contributed by atoms with Gasteiger partial charge in [-0.2, -0.15) is 0 Å². The van der Waals surface area contributed by atoms with E-state index in [1.807, 2.05) is 24.3 Å². The number of carbonyl (C=O) groups excluding carboxylic acids is 1. The second-order valence-electron chi connectivity index (χ2n) is 5.67. The van der Waals surface area contributed by atoms with Crippen LogP contribution in [0.25, 0.3) is 0 Å². The Bertz CT molecular complexity index is 510. The summed E-state index contributed by atoms with van der Waals surface area (Å²) in [5.41, 5.74) is -0.118. The summed E-state index contributed by atoms with van der Waals surface area (Å²) >= 11 is 0. The predicted octanol–water partition coefficient (Wildman–Crippen LogP) is 2.09. The third-order valence-electron chi connectivity index (χ3n) is 4.14. The second-order valence-corrected chi connectivity index (χ2v) is 5.67. The number of nitrogens with zero attached hydrogens (tertiary/aromatic N) is 1. The van der Waals surface area contributed by atoms with Crippen molar-refractivity contribution in [3.05, 3.63) is 29.8 Å². The fraction of sp³-hybridized carbons (Fsp3) is 0.500. The molecule has 1 amide bonds. The van der Waals surface area contributed by atoms with Crippen LogP contribution in [0, 0.1) is 0 Å². The minimum absolute atomic E-state index is 0.0828. The lowest BCUT2D eigenvalue weighted by molar-refractivity contribution is -0.155. The third kappa shape index (κ3) is 3.35. The summed E-state index contributed by atoms with van der Waals surface area (Å²) in [7, 11) is 1.61. The molecule has 1 aromatic carbocycles. The van der Waals surface area contributed by atoms with Crippen LogP contribution in [0.2, 0.25) is 0 Å². The maximum atomic E-state index is 11.7. The first-order chi connectivity index (χ1) is 10.0. The van der Waals surface area contributed by atoms with Crippen molar-refractivity contribution in [2.24, 2.45) is 0 Å². The molecule has 21 heavy (non-hydrogen) atoms. The molecule has 0 bridgehead atoms. The van der Waals surface area contributed by atoms with Crippen molar-refractivity contribution in [3.8, 4) is 5.75 Å². The zero-order valence-electron chi connectivity index (χ0n) is 12.4. The fourth-order valence-electron chi connectivity index (χ4n) is 2.48. The van der Waals surface area contributed by atoms with Crippen molar-refractivity contribution < 1.29 is 19.4 Å². The Labute approximate surface area is 124 Å². The van der Waals surface area contributed by atoms with Gasteiger partial charge >= 0.3 is 5.97 Å². The summed E-state index contributed by atoms with van der Waals surface area (Å²) in [6.07, 6.45) is 3.46. The van der Waals surface area contributed by atoms with E-state index in [-0.39, 0.29) is 6.04 Å². The number of hydrogen-bond acceptors (Lipinski definition) is 3. The number of benzene rings is 1. The molecule has 0 saturated heterocycles. The molecule has 1 N–H and O–H groups in total. The molecule has 1 aromatic rings. The van der Waals surface area contributed by atoms with Gasteiger partial charge in [-0.05, 0) is 50.3 Å². The molecular weight excluding hydrogens is 270 g/mol. The summed E-state index contributed by atoms with van der Waals surface area (Å²) in [5, 5.41) is 9.55. The maximum absolute atomic E-state index is 11.7. The number of methoxy groups -OCH3 is 1. The molecule has 2 rings (SSSR count). The molecule has 1 fully saturated rings. The van der Waals surface area contributed by atoms with Crippen LogP contribution in [0.4, 0.5) is 0 Å². The van der Waals surface area contributed by atoms with Crippen molar-refractivity contribution in [1.29, 1.82) is 0 Å². The van der Waals surface area contributed by atoms with Gasteiger partial charge in [-0.3, -0.25) is 4.79 Å². The van der Waals surface area contributed by atoms with Crippen LogP contribution in [0.3, 0.4) is 0 Å². The molecule has 1 aliphatic rings. The van der Waals surface area contributed by atoms with E-state index in [1.165, 1.54) is 4.90 Å². The number of carbonyl (C=O) groups is 2. The highest BCUT2D eigenvalue weighted by Crippen LogP contribution is 2.34. The predicted molar refractivity (Wildman–Crippen MR) is 78.3 cm³/mol. The zero-order chi connectivity index (χ0) is 15.5. The Morgan fingerprint density at radius 3 is 2.48 bits per heavy atom. The van der Waals surface area contributed by atoms with E-state index in [0.717, 1.165) is 24.2 Å².